The summed E-state index contributed by atoms with van der Waals surface area (Å²) in [5, 5.41) is 7.65. The number of fused-ring (bicyclic) bond motifs is 1. The third-order valence-electron chi connectivity index (χ3n) is 4.87. The number of benzene rings is 2. The number of carbonyl (C=O) groups is 1. The van der Waals surface area contributed by atoms with Gasteiger partial charge in [0.25, 0.3) is 5.56 Å². The average Bonchev–Trinajstić information content (AvgIpc) is 3.26. The number of nitrogens with one attached hydrogen (secondary N) is 2. The van der Waals surface area contributed by atoms with Crippen molar-refractivity contribution in [2.75, 3.05) is 0 Å². The molecule has 4 aromatic rings. The maximum absolute atomic E-state index is 12.6. The van der Waals surface area contributed by atoms with E-state index in [0.717, 1.165) is 11.1 Å². The number of aromatic amines is 1. The fourth-order valence-corrected chi connectivity index (χ4v) is 3.53. The van der Waals surface area contributed by atoms with E-state index in [0.29, 0.717) is 28.8 Å². The molecule has 0 bridgehead atoms. The topological polar surface area (TPSA) is 84.7 Å². The molecule has 0 aliphatic heterocycles. The number of H-pyrrole nitrogens is 1. The lowest BCUT2D eigenvalue weighted by atomic mass is 10.1. The van der Waals surface area contributed by atoms with Crippen molar-refractivity contribution < 1.29 is 4.79 Å². The van der Waals surface area contributed by atoms with Crippen LogP contribution in [0, 0.1) is 4.77 Å². The minimum absolute atomic E-state index is 0.134. The Morgan fingerprint density at radius 1 is 1.07 bits per heavy atom. The monoisotopic (exact) mass is 419 g/mol. The molecule has 8 heteroatoms. The lowest BCUT2D eigenvalue weighted by Gasteiger charge is -2.09. The Kier molecular flexibility index (Phi) is 5.85. The van der Waals surface area contributed by atoms with E-state index in [-0.39, 0.29) is 24.4 Å². The maximum Gasteiger partial charge on any atom is 0.262 e. The van der Waals surface area contributed by atoms with Gasteiger partial charge in [-0.15, -0.1) is 0 Å². The Balaban J connectivity index is 1.33. The van der Waals surface area contributed by atoms with Crippen LogP contribution >= 0.6 is 12.2 Å². The van der Waals surface area contributed by atoms with Crippen molar-refractivity contribution in [1.82, 2.24) is 24.6 Å². The van der Waals surface area contributed by atoms with Crippen LogP contribution in [-0.2, 0) is 24.4 Å². The minimum atomic E-state index is -0.185. The van der Waals surface area contributed by atoms with Crippen LogP contribution in [0.15, 0.2) is 71.8 Å². The third-order valence-corrected chi connectivity index (χ3v) is 5.19. The summed E-state index contributed by atoms with van der Waals surface area (Å²) in [7, 11) is 0. The Bertz CT molecular complexity index is 1270. The van der Waals surface area contributed by atoms with Gasteiger partial charge in [-0.1, -0.05) is 36.4 Å². The molecule has 0 fully saturated rings. The van der Waals surface area contributed by atoms with Gasteiger partial charge in [-0.2, -0.15) is 5.10 Å². The molecule has 0 aliphatic carbocycles. The van der Waals surface area contributed by atoms with Crippen molar-refractivity contribution >= 4 is 29.0 Å². The number of aromatic nitrogens is 4. The molecule has 30 heavy (non-hydrogen) atoms. The molecule has 1 amide bonds. The Labute approximate surface area is 178 Å². The molecule has 2 aromatic carbocycles. The molecule has 2 heterocycles. The summed E-state index contributed by atoms with van der Waals surface area (Å²) in [5.74, 6) is -0.134. The van der Waals surface area contributed by atoms with Gasteiger partial charge in [0.2, 0.25) is 5.91 Å². The largest absolute Gasteiger partial charge is 0.352 e. The second-order valence-corrected chi connectivity index (χ2v) is 7.37. The van der Waals surface area contributed by atoms with Crippen LogP contribution < -0.4 is 10.9 Å². The standard InChI is InChI=1S/C22H21N5O2S/c28-20(10-13-27-21(29)18-4-1-2-5-19(18)25-22(27)30)23-14-16-6-8-17(9-7-16)15-26-12-3-11-24-26/h1-9,11-12H,10,13-15H2,(H,23,28)(H,25,30). The van der Waals surface area contributed by atoms with E-state index < -0.39 is 0 Å². The van der Waals surface area contributed by atoms with E-state index in [9.17, 15) is 9.59 Å². The number of hydrogen-bond acceptors (Lipinski definition) is 4. The second kappa shape index (κ2) is 8.87. The zero-order valence-corrected chi connectivity index (χ0v) is 17.1. The van der Waals surface area contributed by atoms with Crippen molar-refractivity contribution in [1.29, 1.82) is 0 Å². The van der Waals surface area contributed by atoms with E-state index in [1.54, 1.807) is 18.3 Å². The predicted octanol–water partition coefficient (Wildman–Crippen LogP) is 3.01. The van der Waals surface area contributed by atoms with Crippen LogP contribution in [0.5, 0.6) is 0 Å². The minimum Gasteiger partial charge on any atom is -0.352 e. The molecule has 2 aromatic heterocycles. The number of amides is 1. The van der Waals surface area contributed by atoms with Crippen LogP contribution in [-0.4, -0.2) is 25.2 Å². The van der Waals surface area contributed by atoms with E-state index in [4.69, 9.17) is 12.2 Å². The number of nitrogens with zero attached hydrogens (tertiary/aromatic N) is 3. The highest BCUT2D eigenvalue weighted by Crippen LogP contribution is 2.07. The van der Waals surface area contributed by atoms with Gasteiger partial charge in [-0.25, -0.2) is 0 Å². The Hall–Kier alpha value is -3.52. The molecule has 0 spiro atoms. The molecule has 0 atom stereocenters. The SMILES string of the molecule is O=C(CCn1c(=S)[nH]c2ccccc2c1=O)NCc1ccc(Cn2cccn2)cc1. The van der Waals surface area contributed by atoms with Crippen LogP contribution in [0.25, 0.3) is 10.9 Å². The van der Waals surface area contributed by atoms with Crippen LogP contribution in [0.2, 0.25) is 0 Å². The highest BCUT2D eigenvalue weighted by molar-refractivity contribution is 7.71. The molecular formula is C22H21N5O2S. The number of hydrogen-bond donors (Lipinski definition) is 2. The first-order valence-electron chi connectivity index (χ1n) is 9.64. The normalized spacial score (nSPS) is 10.9. The molecule has 4 rings (SSSR count). The van der Waals surface area contributed by atoms with Gasteiger partial charge >= 0.3 is 0 Å². The van der Waals surface area contributed by atoms with E-state index in [2.05, 4.69) is 15.4 Å². The van der Waals surface area contributed by atoms with Crippen molar-refractivity contribution in [2.45, 2.75) is 26.1 Å². The highest BCUT2D eigenvalue weighted by Gasteiger charge is 2.08. The summed E-state index contributed by atoms with van der Waals surface area (Å²) < 4.78 is 3.61. The van der Waals surface area contributed by atoms with Gasteiger partial charge in [0.15, 0.2) is 4.77 Å². The molecule has 0 saturated carbocycles. The quantitative estimate of drug-likeness (QED) is 0.451. The summed E-state index contributed by atoms with van der Waals surface area (Å²) in [6.07, 6.45) is 3.84. The fourth-order valence-electron chi connectivity index (χ4n) is 3.25. The Morgan fingerprint density at radius 2 is 1.83 bits per heavy atom. The zero-order chi connectivity index (χ0) is 20.9. The van der Waals surface area contributed by atoms with Gasteiger partial charge in [-0.05, 0) is 41.5 Å². The van der Waals surface area contributed by atoms with Crippen LogP contribution in [0.4, 0.5) is 0 Å². The molecule has 0 radical (unpaired) electrons. The average molecular weight is 420 g/mol. The zero-order valence-electron chi connectivity index (χ0n) is 16.2. The smallest absolute Gasteiger partial charge is 0.262 e. The first-order chi connectivity index (χ1) is 14.6. The molecule has 152 valence electrons. The van der Waals surface area contributed by atoms with Gasteiger partial charge in [-0.3, -0.25) is 18.8 Å². The summed E-state index contributed by atoms with van der Waals surface area (Å²) >= 11 is 5.28. The second-order valence-electron chi connectivity index (χ2n) is 6.98. The highest BCUT2D eigenvalue weighted by atomic mass is 32.1. The van der Waals surface area contributed by atoms with Crippen molar-refractivity contribution in [3.63, 3.8) is 0 Å². The van der Waals surface area contributed by atoms with E-state index in [1.807, 2.05) is 53.3 Å². The molecule has 0 saturated heterocycles. The van der Waals surface area contributed by atoms with Crippen molar-refractivity contribution in [3.8, 4) is 0 Å². The van der Waals surface area contributed by atoms with Gasteiger partial charge < -0.3 is 10.3 Å². The first kappa shape index (κ1) is 19.8. The fraction of sp³-hybridized carbons (Fsp3) is 0.182. The van der Waals surface area contributed by atoms with Gasteiger partial charge in [0, 0.05) is 31.9 Å². The van der Waals surface area contributed by atoms with E-state index >= 15 is 0 Å². The van der Waals surface area contributed by atoms with Gasteiger partial charge in [0.05, 0.1) is 17.4 Å². The number of para-hydroxylation sites is 1. The lowest BCUT2D eigenvalue weighted by molar-refractivity contribution is -0.121. The van der Waals surface area contributed by atoms with Crippen LogP contribution in [0.3, 0.4) is 0 Å². The summed E-state index contributed by atoms with van der Waals surface area (Å²) in [6, 6.07) is 17.1. The predicted molar refractivity (Wildman–Crippen MR) is 118 cm³/mol. The molecular weight excluding hydrogens is 398 g/mol. The van der Waals surface area contributed by atoms with Crippen molar-refractivity contribution in [3.05, 3.63) is 93.2 Å². The summed E-state index contributed by atoms with van der Waals surface area (Å²) in [4.78, 5) is 27.9. The van der Waals surface area contributed by atoms with E-state index in [1.165, 1.54) is 4.57 Å². The van der Waals surface area contributed by atoms with Crippen LogP contribution in [0.1, 0.15) is 17.5 Å². The number of rotatable bonds is 7. The van der Waals surface area contributed by atoms with Crippen molar-refractivity contribution in [2.24, 2.45) is 0 Å². The number of carbonyl (C=O) groups excluding carboxylic acids is 1. The first-order valence-corrected chi connectivity index (χ1v) is 10.0. The summed E-state index contributed by atoms with van der Waals surface area (Å²) in [5.41, 5.74) is 2.66. The van der Waals surface area contributed by atoms with Gasteiger partial charge in [0.1, 0.15) is 0 Å². The Morgan fingerprint density at radius 3 is 2.60 bits per heavy atom. The molecule has 0 unspecified atom stereocenters. The molecule has 7 nitrogen and oxygen atoms in total. The summed E-state index contributed by atoms with van der Waals surface area (Å²) in [6.45, 7) is 1.37. The maximum atomic E-state index is 12.6. The molecule has 2 N–H and O–H groups in total. The third kappa shape index (κ3) is 4.55. The molecule has 0 aliphatic rings. The lowest BCUT2D eigenvalue weighted by Crippen LogP contribution is -2.28.